The standard InChI is InChI=1S/C22H31NO3S/c1-22(2,3)26-21(25)23(15-13-18-9-7-10-19(24)17-18)14-6-4-5-11-20-12-8-16-27-20/h7-10,12,16H,4-6,11,13-15,17H2,1-3H3. The Morgan fingerprint density at radius 3 is 2.67 bits per heavy atom. The van der Waals surface area contributed by atoms with E-state index in [1.807, 2.05) is 26.8 Å². The lowest BCUT2D eigenvalue weighted by atomic mass is 10.0. The molecule has 0 atom stereocenters. The van der Waals surface area contributed by atoms with E-state index in [4.69, 9.17) is 4.74 Å². The molecule has 0 aliphatic heterocycles. The molecule has 1 aromatic rings. The number of ether oxygens (including phenoxy) is 1. The Balaban J connectivity index is 1.81. The van der Waals surface area contributed by atoms with Crippen LogP contribution in [0.3, 0.4) is 0 Å². The third kappa shape index (κ3) is 8.57. The summed E-state index contributed by atoms with van der Waals surface area (Å²) in [6, 6.07) is 4.26. The van der Waals surface area contributed by atoms with E-state index in [1.165, 1.54) is 4.88 Å². The molecule has 0 saturated carbocycles. The van der Waals surface area contributed by atoms with Gasteiger partial charge in [0.15, 0.2) is 5.78 Å². The summed E-state index contributed by atoms with van der Waals surface area (Å²) in [4.78, 5) is 27.3. The van der Waals surface area contributed by atoms with Crippen molar-refractivity contribution in [1.29, 1.82) is 0 Å². The first kappa shape index (κ1) is 21.4. The monoisotopic (exact) mass is 389 g/mol. The van der Waals surface area contributed by atoms with E-state index in [9.17, 15) is 9.59 Å². The highest BCUT2D eigenvalue weighted by atomic mass is 32.1. The van der Waals surface area contributed by atoms with E-state index in [-0.39, 0.29) is 11.9 Å². The van der Waals surface area contributed by atoms with Gasteiger partial charge in [-0.1, -0.05) is 30.2 Å². The second-order valence-electron chi connectivity index (χ2n) is 7.93. The second kappa shape index (κ2) is 10.5. The summed E-state index contributed by atoms with van der Waals surface area (Å²) >= 11 is 1.80. The SMILES string of the molecule is CC(C)(C)OC(=O)N(CCCCCc1cccs1)CCC1=CC=CC(=O)C1. The Hall–Kier alpha value is -1.88. The summed E-state index contributed by atoms with van der Waals surface area (Å²) < 4.78 is 5.57. The fraction of sp³-hybridized carbons (Fsp3) is 0.545. The molecule has 1 heterocycles. The van der Waals surface area contributed by atoms with Gasteiger partial charge in [0.1, 0.15) is 5.60 Å². The maximum atomic E-state index is 12.6. The van der Waals surface area contributed by atoms with Gasteiger partial charge in [0.05, 0.1) is 0 Å². The van der Waals surface area contributed by atoms with Gasteiger partial charge in [-0.05, 0) is 64.0 Å². The molecule has 4 nitrogen and oxygen atoms in total. The first-order valence-corrected chi connectivity index (χ1v) is 10.6. The quantitative estimate of drug-likeness (QED) is 0.521. The highest BCUT2D eigenvalue weighted by molar-refractivity contribution is 7.09. The van der Waals surface area contributed by atoms with Crippen LogP contribution in [0, 0.1) is 0 Å². The van der Waals surface area contributed by atoms with Crippen LogP contribution in [0.5, 0.6) is 0 Å². The molecule has 1 aliphatic carbocycles. The fourth-order valence-electron chi connectivity index (χ4n) is 2.94. The van der Waals surface area contributed by atoms with Crippen LogP contribution in [-0.2, 0) is 16.0 Å². The van der Waals surface area contributed by atoms with Crippen LogP contribution in [0.25, 0.3) is 0 Å². The van der Waals surface area contributed by atoms with Crippen molar-refractivity contribution in [3.8, 4) is 0 Å². The highest BCUT2D eigenvalue weighted by Gasteiger charge is 2.22. The number of amides is 1. The minimum atomic E-state index is -0.503. The molecule has 0 bridgehead atoms. The Morgan fingerprint density at radius 2 is 2.00 bits per heavy atom. The minimum Gasteiger partial charge on any atom is -0.444 e. The van der Waals surface area contributed by atoms with Crippen molar-refractivity contribution in [2.75, 3.05) is 13.1 Å². The Kier molecular flexibility index (Phi) is 8.29. The predicted molar refractivity (Wildman–Crippen MR) is 111 cm³/mol. The number of nitrogens with zero attached hydrogens (tertiary/aromatic N) is 1. The molecule has 2 rings (SSSR count). The van der Waals surface area contributed by atoms with Crippen LogP contribution >= 0.6 is 11.3 Å². The normalized spacial score (nSPS) is 14.2. The average Bonchev–Trinajstić information content (AvgIpc) is 3.09. The number of allylic oxidation sites excluding steroid dienone is 3. The topological polar surface area (TPSA) is 46.6 Å². The predicted octanol–water partition coefficient (Wildman–Crippen LogP) is 5.54. The van der Waals surface area contributed by atoms with Gasteiger partial charge < -0.3 is 9.64 Å². The molecule has 1 aliphatic rings. The zero-order chi connectivity index (χ0) is 19.7. The number of hydrogen-bond acceptors (Lipinski definition) is 4. The molecule has 1 aromatic heterocycles. The van der Waals surface area contributed by atoms with E-state index in [2.05, 4.69) is 17.5 Å². The number of aryl methyl sites for hydroxylation is 1. The highest BCUT2D eigenvalue weighted by Crippen LogP contribution is 2.17. The first-order chi connectivity index (χ1) is 12.8. The molecule has 0 aromatic carbocycles. The fourth-order valence-corrected chi connectivity index (χ4v) is 3.69. The summed E-state index contributed by atoms with van der Waals surface area (Å²) in [5, 5.41) is 2.11. The lowest BCUT2D eigenvalue weighted by molar-refractivity contribution is -0.114. The van der Waals surface area contributed by atoms with Gasteiger partial charge >= 0.3 is 6.09 Å². The van der Waals surface area contributed by atoms with Gasteiger partial charge in [0.2, 0.25) is 0 Å². The summed E-state index contributed by atoms with van der Waals surface area (Å²) in [6.45, 7) is 6.94. The largest absolute Gasteiger partial charge is 0.444 e. The molecule has 0 saturated heterocycles. The number of carbonyl (C=O) groups is 2. The van der Waals surface area contributed by atoms with Gasteiger partial charge in [0.25, 0.3) is 0 Å². The molecule has 0 N–H and O–H groups in total. The van der Waals surface area contributed by atoms with Crippen LogP contribution in [0.1, 0.15) is 57.8 Å². The average molecular weight is 390 g/mol. The summed E-state index contributed by atoms with van der Waals surface area (Å²) in [7, 11) is 0. The summed E-state index contributed by atoms with van der Waals surface area (Å²) in [6.07, 6.45) is 10.6. The van der Waals surface area contributed by atoms with Gasteiger partial charge in [-0.2, -0.15) is 0 Å². The Labute approximate surface area is 166 Å². The van der Waals surface area contributed by atoms with Crippen LogP contribution in [0.15, 0.2) is 41.3 Å². The first-order valence-electron chi connectivity index (χ1n) is 9.73. The van der Waals surface area contributed by atoms with Crippen molar-refractivity contribution in [2.24, 2.45) is 0 Å². The summed E-state index contributed by atoms with van der Waals surface area (Å²) in [5.74, 6) is 0.130. The number of unbranched alkanes of at least 4 members (excludes halogenated alkanes) is 2. The number of rotatable bonds is 9. The lowest BCUT2D eigenvalue weighted by Crippen LogP contribution is -2.38. The number of thiophene rings is 1. The molecule has 1 amide bonds. The van der Waals surface area contributed by atoms with E-state index in [0.29, 0.717) is 25.9 Å². The van der Waals surface area contributed by atoms with Gasteiger partial charge in [-0.15, -0.1) is 11.3 Å². The molecule has 0 radical (unpaired) electrons. The van der Waals surface area contributed by atoms with E-state index >= 15 is 0 Å². The lowest BCUT2D eigenvalue weighted by Gasteiger charge is -2.28. The molecule has 148 valence electrons. The molecule has 0 unspecified atom stereocenters. The molecule has 0 fully saturated rings. The molecule has 0 spiro atoms. The van der Waals surface area contributed by atoms with Gasteiger partial charge in [-0.3, -0.25) is 4.79 Å². The number of ketones is 1. The molecule has 27 heavy (non-hydrogen) atoms. The van der Waals surface area contributed by atoms with Crippen LogP contribution in [0.4, 0.5) is 4.79 Å². The number of carbonyl (C=O) groups excluding carboxylic acids is 2. The van der Waals surface area contributed by atoms with Crippen molar-refractivity contribution in [1.82, 2.24) is 4.90 Å². The van der Waals surface area contributed by atoms with Crippen molar-refractivity contribution >= 4 is 23.2 Å². The zero-order valence-corrected chi connectivity index (χ0v) is 17.5. The smallest absolute Gasteiger partial charge is 0.410 e. The second-order valence-corrected chi connectivity index (χ2v) is 8.97. The van der Waals surface area contributed by atoms with Crippen molar-refractivity contribution < 1.29 is 14.3 Å². The van der Waals surface area contributed by atoms with Crippen molar-refractivity contribution in [3.05, 3.63) is 46.2 Å². The van der Waals surface area contributed by atoms with Crippen molar-refractivity contribution in [3.63, 3.8) is 0 Å². The summed E-state index contributed by atoms with van der Waals surface area (Å²) in [5.41, 5.74) is 0.575. The van der Waals surface area contributed by atoms with Crippen LogP contribution in [-0.4, -0.2) is 35.5 Å². The van der Waals surface area contributed by atoms with Gasteiger partial charge in [0, 0.05) is 24.4 Å². The maximum Gasteiger partial charge on any atom is 0.410 e. The molecular formula is C22H31NO3S. The maximum absolute atomic E-state index is 12.6. The number of hydrogen-bond donors (Lipinski definition) is 0. The molecular weight excluding hydrogens is 358 g/mol. The third-order valence-electron chi connectivity index (χ3n) is 4.30. The van der Waals surface area contributed by atoms with Crippen molar-refractivity contribution in [2.45, 2.75) is 64.9 Å². The van der Waals surface area contributed by atoms with Crippen LogP contribution < -0.4 is 0 Å². The van der Waals surface area contributed by atoms with E-state index in [1.54, 1.807) is 28.4 Å². The van der Waals surface area contributed by atoms with E-state index in [0.717, 1.165) is 31.3 Å². The van der Waals surface area contributed by atoms with Crippen LogP contribution in [0.2, 0.25) is 0 Å². The Bertz CT molecular complexity index is 668. The Morgan fingerprint density at radius 1 is 1.19 bits per heavy atom. The molecule has 5 heteroatoms. The third-order valence-corrected chi connectivity index (χ3v) is 5.24. The van der Waals surface area contributed by atoms with E-state index < -0.39 is 5.60 Å². The minimum absolute atomic E-state index is 0.130. The zero-order valence-electron chi connectivity index (χ0n) is 16.7. The van der Waals surface area contributed by atoms with Gasteiger partial charge in [-0.25, -0.2) is 4.79 Å².